The third-order valence-corrected chi connectivity index (χ3v) is 7.53. The zero-order valence-electron chi connectivity index (χ0n) is 18.2. The summed E-state index contributed by atoms with van der Waals surface area (Å²) in [5.74, 6) is -2.04. The van der Waals surface area contributed by atoms with Crippen LogP contribution in [0.4, 0.5) is 4.39 Å². The Morgan fingerprint density at radius 3 is 2.38 bits per heavy atom. The Morgan fingerprint density at radius 1 is 1.09 bits per heavy atom. The molecule has 2 aromatic rings. The molecule has 6 heteroatoms. The number of aliphatic carboxylic acids is 1. The Balaban J connectivity index is 2.13. The Labute approximate surface area is 191 Å². The van der Waals surface area contributed by atoms with Gasteiger partial charge in [-0.05, 0) is 53.3 Å². The number of allylic oxidation sites excluding steroid dienone is 1. The van der Waals surface area contributed by atoms with Gasteiger partial charge in [-0.15, -0.1) is 11.8 Å². The van der Waals surface area contributed by atoms with Gasteiger partial charge in [0.25, 0.3) is 0 Å². The van der Waals surface area contributed by atoms with Crippen molar-refractivity contribution in [2.45, 2.75) is 55.3 Å². The molecule has 0 aromatic heterocycles. The fourth-order valence-corrected chi connectivity index (χ4v) is 5.50. The Morgan fingerprint density at radius 2 is 1.75 bits per heavy atom. The van der Waals surface area contributed by atoms with Crippen molar-refractivity contribution in [1.29, 1.82) is 0 Å². The topological polar surface area (TPSA) is 74.6 Å². The quantitative estimate of drug-likeness (QED) is 0.480. The average Bonchev–Trinajstić information content (AvgIpc) is 2.76. The predicted octanol–water partition coefficient (Wildman–Crippen LogP) is 5.64. The molecule has 4 nitrogen and oxygen atoms in total. The van der Waals surface area contributed by atoms with Crippen molar-refractivity contribution in [3.05, 3.63) is 83.2 Å². The number of carboxylic acid groups (broad SMARTS) is 1. The molecular formula is C26H27FO4S. The Hall–Kier alpha value is -2.70. The highest BCUT2D eigenvalue weighted by atomic mass is 32.2. The number of hydrogen-bond donors (Lipinski definition) is 2. The zero-order valence-corrected chi connectivity index (χ0v) is 19.0. The van der Waals surface area contributed by atoms with Crippen LogP contribution in [-0.4, -0.2) is 32.8 Å². The normalized spacial score (nSPS) is 16.1. The van der Waals surface area contributed by atoms with Crippen molar-refractivity contribution in [2.24, 2.45) is 0 Å². The minimum absolute atomic E-state index is 0.253. The van der Waals surface area contributed by atoms with Crippen molar-refractivity contribution < 1.29 is 24.2 Å². The number of aliphatic hydroxyl groups excluding tert-OH is 1. The second-order valence-corrected chi connectivity index (χ2v) is 9.26. The molecule has 0 spiro atoms. The SMILES string of the molecule is CCC1(CC)Sc2ccccc2C(c2ccc(F)cc2)=C1/C=C/C(O)CC(=O)CC(=O)O. The molecule has 0 bridgehead atoms. The number of rotatable bonds is 9. The number of halogens is 1. The van der Waals surface area contributed by atoms with Gasteiger partial charge in [0.2, 0.25) is 0 Å². The van der Waals surface area contributed by atoms with Gasteiger partial charge in [0.15, 0.2) is 0 Å². The molecule has 2 aromatic carbocycles. The van der Waals surface area contributed by atoms with Crippen LogP contribution in [0.1, 0.15) is 50.7 Å². The van der Waals surface area contributed by atoms with Crippen molar-refractivity contribution >= 4 is 29.1 Å². The molecule has 168 valence electrons. The number of benzene rings is 2. The standard InChI is InChI=1S/C26H27FO4S/c1-3-26(4-2)22(14-13-19(28)15-20(29)16-24(30)31)25(17-9-11-18(27)12-10-17)21-7-5-6-8-23(21)32-26/h5-14,19,28H,3-4,15-16H2,1-2H3,(H,30,31)/b14-13+. The summed E-state index contributed by atoms with van der Waals surface area (Å²) in [5, 5.41) is 19.2. The molecule has 1 unspecified atom stereocenters. The van der Waals surface area contributed by atoms with Crippen molar-refractivity contribution in [2.75, 3.05) is 0 Å². The summed E-state index contributed by atoms with van der Waals surface area (Å²) >= 11 is 1.78. The molecule has 32 heavy (non-hydrogen) atoms. The van der Waals surface area contributed by atoms with E-state index in [0.717, 1.165) is 40.0 Å². The lowest BCUT2D eigenvalue weighted by atomic mass is 9.82. The van der Waals surface area contributed by atoms with Crippen LogP contribution in [0.25, 0.3) is 5.57 Å². The van der Waals surface area contributed by atoms with Gasteiger partial charge >= 0.3 is 5.97 Å². The van der Waals surface area contributed by atoms with Crippen LogP contribution in [0.2, 0.25) is 0 Å². The maximum absolute atomic E-state index is 13.7. The number of aliphatic hydroxyl groups is 1. The van der Waals surface area contributed by atoms with E-state index in [1.54, 1.807) is 30.0 Å². The molecule has 1 heterocycles. The van der Waals surface area contributed by atoms with Crippen molar-refractivity contribution in [1.82, 2.24) is 0 Å². The highest BCUT2D eigenvalue weighted by Gasteiger charge is 2.38. The van der Waals surface area contributed by atoms with Gasteiger partial charge in [-0.3, -0.25) is 9.59 Å². The summed E-state index contributed by atoms with van der Waals surface area (Å²) in [6.07, 6.45) is 3.14. The number of ketones is 1. The molecule has 2 N–H and O–H groups in total. The van der Waals surface area contributed by atoms with Crippen LogP contribution in [0.5, 0.6) is 0 Å². The first-order chi connectivity index (χ1) is 15.3. The molecule has 1 aliphatic rings. The summed E-state index contributed by atoms with van der Waals surface area (Å²) in [5.41, 5.74) is 3.89. The van der Waals surface area contributed by atoms with Crippen LogP contribution in [0.15, 0.2) is 71.2 Å². The first-order valence-electron chi connectivity index (χ1n) is 10.7. The summed E-state index contributed by atoms with van der Waals surface area (Å²) in [7, 11) is 0. The molecule has 0 aliphatic carbocycles. The second kappa shape index (κ2) is 10.3. The number of Topliss-reactive ketones (excluding diaryl/α,β-unsaturated/α-hetero) is 1. The number of fused-ring (bicyclic) bond motifs is 1. The number of carboxylic acids is 1. The highest BCUT2D eigenvalue weighted by molar-refractivity contribution is 8.01. The van der Waals surface area contributed by atoms with E-state index >= 15 is 0 Å². The van der Waals surface area contributed by atoms with E-state index in [1.807, 2.05) is 24.3 Å². The number of carbonyl (C=O) groups is 2. The second-order valence-electron chi connectivity index (χ2n) is 7.83. The van der Waals surface area contributed by atoms with Gasteiger partial charge in [-0.25, -0.2) is 4.39 Å². The van der Waals surface area contributed by atoms with Gasteiger partial charge < -0.3 is 10.2 Å². The average molecular weight is 455 g/mol. The summed E-state index contributed by atoms with van der Waals surface area (Å²) in [6.45, 7) is 4.24. The van der Waals surface area contributed by atoms with E-state index in [2.05, 4.69) is 19.9 Å². The predicted molar refractivity (Wildman–Crippen MR) is 125 cm³/mol. The van der Waals surface area contributed by atoms with Crippen LogP contribution >= 0.6 is 11.8 Å². The van der Waals surface area contributed by atoms with E-state index in [0.29, 0.717) is 0 Å². The Bertz CT molecular complexity index is 1050. The summed E-state index contributed by atoms with van der Waals surface area (Å²) < 4.78 is 13.4. The van der Waals surface area contributed by atoms with E-state index in [9.17, 15) is 19.1 Å². The number of hydrogen-bond acceptors (Lipinski definition) is 4. The molecule has 0 amide bonds. The maximum Gasteiger partial charge on any atom is 0.310 e. The van der Waals surface area contributed by atoms with Gasteiger partial charge in [-0.2, -0.15) is 0 Å². The van der Waals surface area contributed by atoms with Crippen molar-refractivity contribution in [3.8, 4) is 0 Å². The molecule has 0 saturated heterocycles. The fraction of sp³-hybridized carbons (Fsp3) is 0.308. The van der Waals surface area contributed by atoms with Crippen LogP contribution in [0, 0.1) is 5.82 Å². The molecule has 0 saturated carbocycles. The van der Waals surface area contributed by atoms with E-state index in [-0.39, 0.29) is 17.0 Å². The van der Waals surface area contributed by atoms with Gasteiger partial charge in [-0.1, -0.05) is 56.3 Å². The Kier molecular flexibility index (Phi) is 7.69. The zero-order chi connectivity index (χ0) is 23.3. The van der Waals surface area contributed by atoms with Crippen LogP contribution in [-0.2, 0) is 9.59 Å². The third-order valence-electron chi connectivity index (χ3n) is 5.77. The van der Waals surface area contributed by atoms with Gasteiger partial charge in [0.05, 0.1) is 6.10 Å². The summed E-state index contributed by atoms with van der Waals surface area (Å²) in [6, 6.07) is 14.5. The minimum atomic E-state index is -1.20. The summed E-state index contributed by atoms with van der Waals surface area (Å²) in [4.78, 5) is 23.7. The van der Waals surface area contributed by atoms with E-state index in [1.165, 1.54) is 12.1 Å². The molecule has 0 radical (unpaired) electrons. The molecule has 1 atom stereocenters. The first-order valence-corrected chi connectivity index (χ1v) is 11.5. The lowest BCUT2D eigenvalue weighted by Gasteiger charge is -2.39. The van der Waals surface area contributed by atoms with Crippen LogP contribution in [0.3, 0.4) is 0 Å². The number of thioether (sulfide) groups is 1. The monoisotopic (exact) mass is 454 g/mol. The molecule has 3 rings (SSSR count). The molecule has 0 fully saturated rings. The van der Waals surface area contributed by atoms with E-state index in [4.69, 9.17) is 5.11 Å². The first kappa shape index (κ1) is 24.0. The third kappa shape index (κ3) is 5.19. The lowest BCUT2D eigenvalue weighted by Crippen LogP contribution is -2.29. The van der Waals surface area contributed by atoms with Crippen molar-refractivity contribution in [3.63, 3.8) is 0 Å². The fourth-order valence-electron chi connectivity index (χ4n) is 4.09. The van der Waals surface area contributed by atoms with Crippen LogP contribution < -0.4 is 0 Å². The smallest absolute Gasteiger partial charge is 0.310 e. The largest absolute Gasteiger partial charge is 0.481 e. The molecule has 1 aliphatic heterocycles. The molecular weight excluding hydrogens is 427 g/mol. The minimum Gasteiger partial charge on any atom is -0.481 e. The van der Waals surface area contributed by atoms with E-state index < -0.39 is 24.3 Å². The lowest BCUT2D eigenvalue weighted by molar-refractivity contribution is -0.140. The highest BCUT2D eigenvalue weighted by Crippen LogP contribution is 2.54. The number of carbonyl (C=O) groups excluding carboxylic acids is 1. The van der Waals surface area contributed by atoms with Gasteiger partial charge in [0.1, 0.15) is 18.0 Å². The maximum atomic E-state index is 13.7. The van der Waals surface area contributed by atoms with Gasteiger partial charge in [0, 0.05) is 16.1 Å².